The zero-order valence-corrected chi connectivity index (χ0v) is 11.9. The van der Waals surface area contributed by atoms with Crippen LogP contribution >= 0.6 is 0 Å². The standard InChI is InChI=1S/C15H18O5/c1-10(2)14(16)18-8-7-17-11-5-6-12-13(9-11)20-15(3,4)19-12/h5-6,9H,1,7-8H2,2-4H3. The van der Waals surface area contributed by atoms with Crippen LogP contribution in [0.2, 0.25) is 0 Å². The van der Waals surface area contributed by atoms with E-state index in [-0.39, 0.29) is 13.2 Å². The first-order valence-corrected chi connectivity index (χ1v) is 6.35. The zero-order chi connectivity index (χ0) is 14.8. The number of rotatable bonds is 5. The van der Waals surface area contributed by atoms with Gasteiger partial charge in [-0.05, 0) is 19.1 Å². The number of hydrogen-bond acceptors (Lipinski definition) is 5. The van der Waals surface area contributed by atoms with Gasteiger partial charge in [0.2, 0.25) is 5.79 Å². The second kappa shape index (κ2) is 5.45. The lowest BCUT2D eigenvalue weighted by atomic mass is 10.3. The molecule has 1 aliphatic heterocycles. The summed E-state index contributed by atoms with van der Waals surface area (Å²) in [6.07, 6.45) is 0. The summed E-state index contributed by atoms with van der Waals surface area (Å²) in [5, 5.41) is 0. The minimum atomic E-state index is -0.655. The molecule has 5 heteroatoms. The fraction of sp³-hybridized carbons (Fsp3) is 0.400. The van der Waals surface area contributed by atoms with Crippen LogP contribution in [0.15, 0.2) is 30.4 Å². The van der Waals surface area contributed by atoms with Crippen molar-refractivity contribution in [3.63, 3.8) is 0 Å². The fourth-order valence-electron chi connectivity index (χ4n) is 1.71. The number of benzene rings is 1. The third-order valence-corrected chi connectivity index (χ3v) is 2.56. The predicted molar refractivity (Wildman–Crippen MR) is 73.0 cm³/mol. The molecule has 0 aromatic heterocycles. The van der Waals surface area contributed by atoms with Gasteiger partial charge in [-0.15, -0.1) is 0 Å². The van der Waals surface area contributed by atoms with Gasteiger partial charge in [0.05, 0.1) is 0 Å². The Kier molecular flexibility index (Phi) is 3.88. The van der Waals surface area contributed by atoms with Crippen molar-refractivity contribution in [1.29, 1.82) is 0 Å². The van der Waals surface area contributed by atoms with Gasteiger partial charge in [0.25, 0.3) is 0 Å². The largest absolute Gasteiger partial charge is 0.490 e. The van der Waals surface area contributed by atoms with E-state index in [9.17, 15) is 4.79 Å². The molecule has 0 amide bonds. The number of fused-ring (bicyclic) bond motifs is 1. The molecule has 2 rings (SSSR count). The first-order chi connectivity index (χ1) is 9.37. The van der Waals surface area contributed by atoms with Crippen molar-refractivity contribution < 1.29 is 23.7 Å². The van der Waals surface area contributed by atoms with Crippen LogP contribution in [0.25, 0.3) is 0 Å². The molecule has 5 nitrogen and oxygen atoms in total. The summed E-state index contributed by atoms with van der Waals surface area (Å²) >= 11 is 0. The average molecular weight is 278 g/mol. The Hall–Kier alpha value is -2.17. The summed E-state index contributed by atoms with van der Waals surface area (Å²) in [6.45, 7) is 9.21. The highest BCUT2D eigenvalue weighted by Gasteiger charge is 2.31. The molecule has 1 aliphatic rings. The third kappa shape index (κ3) is 3.44. The minimum Gasteiger partial charge on any atom is -0.490 e. The average Bonchev–Trinajstić information content (AvgIpc) is 2.67. The van der Waals surface area contributed by atoms with Gasteiger partial charge in [-0.1, -0.05) is 6.58 Å². The molecular formula is C15H18O5. The highest BCUT2D eigenvalue weighted by molar-refractivity contribution is 5.86. The lowest BCUT2D eigenvalue weighted by Gasteiger charge is -2.16. The summed E-state index contributed by atoms with van der Waals surface area (Å²) in [7, 11) is 0. The molecule has 1 aromatic rings. The molecule has 20 heavy (non-hydrogen) atoms. The van der Waals surface area contributed by atoms with Crippen molar-refractivity contribution in [1.82, 2.24) is 0 Å². The quantitative estimate of drug-likeness (QED) is 0.471. The number of ether oxygens (including phenoxy) is 4. The van der Waals surface area contributed by atoms with Crippen molar-refractivity contribution in [2.24, 2.45) is 0 Å². The van der Waals surface area contributed by atoms with Crippen molar-refractivity contribution in [2.45, 2.75) is 26.6 Å². The Morgan fingerprint density at radius 3 is 2.65 bits per heavy atom. The molecule has 108 valence electrons. The maximum atomic E-state index is 11.2. The fourth-order valence-corrected chi connectivity index (χ4v) is 1.71. The second-order valence-electron chi connectivity index (χ2n) is 4.98. The molecule has 0 N–H and O–H groups in total. The Balaban J connectivity index is 1.84. The molecule has 0 atom stereocenters. The molecule has 1 heterocycles. The normalized spacial score (nSPS) is 14.8. The molecule has 1 aromatic carbocycles. The molecule has 0 fully saturated rings. The van der Waals surface area contributed by atoms with Gasteiger partial charge in [-0.25, -0.2) is 4.79 Å². The smallest absolute Gasteiger partial charge is 0.333 e. The van der Waals surface area contributed by atoms with Crippen molar-refractivity contribution >= 4 is 5.97 Å². The van der Waals surface area contributed by atoms with Crippen LogP contribution in [0.1, 0.15) is 20.8 Å². The lowest BCUT2D eigenvalue weighted by molar-refractivity contribution is -0.139. The van der Waals surface area contributed by atoms with Crippen LogP contribution in [0.4, 0.5) is 0 Å². The van der Waals surface area contributed by atoms with Crippen LogP contribution in [0.3, 0.4) is 0 Å². The van der Waals surface area contributed by atoms with E-state index < -0.39 is 11.8 Å². The Morgan fingerprint density at radius 1 is 1.25 bits per heavy atom. The van der Waals surface area contributed by atoms with E-state index in [1.807, 2.05) is 13.8 Å². The lowest BCUT2D eigenvalue weighted by Crippen LogP contribution is -2.29. The van der Waals surface area contributed by atoms with Gasteiger partial charge in [-0.2, -0.15) is 0 Å². The van der Waals surface area contributed by atoms with Gasteiger partial charge < -0.3 is 18.9 Å². The molecule has 0 saturated heterocycles. The highest BCUT2D eigenvalue weighted by Crippen LogP contribution is 2.41. The number of carbonyl (C=O) groups is 1. The van der Waals surface area contributed by atoms with Crippen LogP contribution < -0.4 is 14.2 Å². The van der Waals surface area contributed by atoms with Crippen LogP contribution in [-0.4, -0.2) is 25.0 Å². The first kappa shape index (κ1) is 14.2. The molecule has 0 bridgehead atoms. The second-order valence-corrected chi connectivity index (χ2v) is 4.98. The summed E-state index contributed by atoms with van der Waals surface area (Å²) < 4.78 is 21.6. The van der Waals surface area contributed by atoms with Gasteiger partial charge >= 0.3 is 5.97 Å². The minimum absolute atomic E-state index is 0.172. The summed E-state index contributed by atoms with van der Waals surface area (Å²) in [5.74, 6) is 0.901. The van der Waals surface area contributed by atoms with E-state index in [2.05, 4.69) is 6.58 Å². The van der Waals surface area contributed by atoms with Gasteiger partial charge in [0, 0.05) is 25.5 Å². The van der Waals surface area contributed by atoms with E-state index in [0.29, 0.717) is 22.8 Å². The van der Waals surface area contributed by atoms with Crippen molar-refractivity contribution in [3.8, 4) is 17.2 Å². The maximum absolute atomic E-state index is 11.2. The summed E-state index contributed by atoms with van der Waals surface area (Å²) in [6, 6.07) is 5.33. The van der Waals surface area contributed by atoms with E-state index >= 15 is 0 Å². The molecule has 0 aliphatic carbocycles. The van der Waals surface area contributed by atoms with E-state index in [1.54, 1.807) is 25.1 Å². The SMILES string of the molecule is C=C(C)C(=O)OCCOc1ccc2c(c1)OC(C)(C)O2. The Labute approximate surface area is 118 Å². The predicted octanol–water partition coefficient (Wildman–Crippen LogP) is 2.69. The zero-order valence-electron chi connectivity index (χ0n) is 11.9. The number of esters is 1. The Bertz CT molecular complexity index is 533. The topological polar surface area (TPSA) is 54.0 Å². The summed E-state index contributed by atoms with van der Waals surface area (Å²) in [5.41, 5.74) is 0.371. The van der Waals surface area contributed by atoms with Crippen LogP contribution in [-0.2, 0) is 9.53 Å². The third-order valence-electron chi connectivity index (χ3n) is 2.56. The van der Waals surface area contributed by atoms with E-state index in [0.717, 1.165) is 0 Å². The molecular weight excluding hydrogens is 260 g/mol. The summed E-state index contributed by atoms with van der Waals surface area (Å²) in [4.78, 5) is 11.2. The monoisotopic (exact) mass is 278 g/mol. The number of hydrogen-bond donors (Lipinski definition) is 0. The highest BCUT2D eigenvalue weighted by atomic mass is 16.7. The first-order valence-electron chi connectivity index (χ1n) is 6.35. The molecule has 0 radical (unpaired) electrons. The van der Waals surface area contributed by atoms with Crippen molar-refractivity contribution in [3.05, 3.63) is 30.4 Å². The van der Waals surface area contributed by atoms with E-state index in [1.165, 1.54) is 0 Å². The molecule has 0 spiro atoms. The van der Waals surface area contributed by atoms with E-state index in [4.69, 9.17) is 18.9 Å². The van der Waals surface area contributed by atoms with Gasteiger partial charge in [0.15, 0.2) is 11.5 Å². The van der Waals surface area contributed by atoms with Gasteiger partial charge in [-0.3, -0.25) is 0 Å². The maximum Gasteiger partial charge on any atom is 0.333 e. The van der Waals surface area contributed by atoms with Crippen LogP contribution in [0.5, 0.6) is 17.2 Å². The van der Waals surface area contributed by atoms with Crippen molar-refractivity contribution in [2.75, 3.05) is 13.2 Å². The van der Waals surface area contributed by atoms with Crippen LogP contribution in [0, 0.1) is 0 Å². The Morgan fingerprint density at radius 2 is 1.95 bits per heavy atom. The number of carbonyl (C=O) groups excluding carboxylic acids is 1. The molecule has 0 saturated carbocycles. The van der Waals surface area contributed by atoms with Gasteiger partial charge in [0.1, 0.15) is 19.0 Å². The molecule has 0 unspecified atom stereocenters.